The number of rotatable bonds is 4. The van der Waals surface area contributed by atoms with Crippen molar-refractivity contribution in [2.24, 2.45) is 32.3 Å². The van der Waals surface area contributed by atoms with Crippen LogP contribution in [0.25, 0.3) is 11.1 Å². The lowest BCUT2D eigenvalue weighted by molar-refractivity contribution is 0.00682. The average Bonchev–Trinajstić information content (AvgIpc) is 4.11. The Labute approximate surface area is 447 Å². The van der Waals surface area contributed by atoms with E-state index in [0.29, 0.717) is 33.9 Å². The van der Waals surface area contributed by atoms with Crippen molar-refractivity contribution >= 4 is 63.4 Å². The van der Waals surface area contributed by atoms with Crippen molar-refractivity contribution in [3.05, 3.63) is 191 Å². The molecule has 4 aliphatic carbocycles. The van der Waals surface area contributed by atoms with E-state index in [9.17, 15) is 19.3 Å². The van der Waals surface area contributed by atoms with E-state index in [1.165, 1.54) is 34.9 Å². The molecule has 6 aliphatic rings. The second-order valence-corrected chi connectivity index (χ2v) is 22.1. The Bertz CT molecular complexity index is 3340. The fourth-order valence-electron chi connectivity index (χ4n) is 13.2. The molecule has 10 nitrogen and oxygen atoms in total. The van der Waals surface area contributed by atoms with E-state index in [-0.39, 0.29) is 33.2 Å². The molecular formula is C58H52BBrCl2F2N6O4. The van der Waals surface area contributed by atoms with E-state index < -0.39 is 24.0 Å². The van der Waals surface area contributed by atoms with Crippen LogP contribution in [-0.2, 0) is 33.4 Å². The van der Waals surface area contributed by atoms with E-state index in [0.717, 1.165) is 120 Å². The van der Waals surface area contributed by atoms with Crippen molar-refractivity contribution in [1.29, 1.82) is 10.5 Å². The van der Waals surface area contributed by atoms with Crippen molar-refractivity contribution in [1.82, 2.24) is 0 Å². The highest BCUT2D eigenvalue weighted by Gasteiger charge is 2.63. The standard InChI is InChI=1S/C29H25ClFN3O.C23H22BrN3O.C6H5BClFO2/c1-35-23-6-8-28(9-7-23)15-19-4-3-18(20-11-21(30)14-22(31)12-20)13-25(19)29(28)26-10-17(16-32)2-5-24(26)27(33)34-29;1-28-17-6-8-22(9-7-17)12-15-3-4-16(24)11-19(15)23(22)20-10-14(13-25)2-5-18(20)21(26)27-23;8-5-1-4(7(10)11)2-6(9)3-5/h2-5,10-14,23H,6-9,15H2,1H3,(H2,33,34);2-5,10-11,17H,6-9,12H2,1H3,(H2,26,27);1-3,10-11H. The normalized spacial score (nSPS) is 25.4. The van der Waals surface area contributed by atoms with Gasteiger partial charge in [-0.25, -0.2) is 8.78 Å². The molecule has 6 aromatic carbocycles. The Hall–Kier alpha value is -5.94. The van der Waals surface area contributed by atoms with Gasteiger partial charge in [0.1, 0.15) is 34.4 Å². The first-order valence-corrected chi connectivity index (χ1v) is 26.1. The van der Waals surface area contributed by atoms with Crippen LogP contribution in [0.3, 0.4) is 0 Å². The Morgan fingerprint density at radius 2 is 1.08 bits per heavy atom. The molecule has 0 aromatic heterocycles. The second kappa shape index (κ2) is 20.0. The SMILES string of the molecule is COC1CCC2(CC1)Cc1ccc(-c3cc(F)cc(Cl)c3)cc1C21N=C(N)c2ccc(C#N)cc21.COC1CCC2(CC1)Cc1ccc(Br)cc1C21N=C(N)c2ccc(C#N)cc21.OB(O)c1cc(F)cc(Cl)c1. The van der Waals surface area contributed by atoms with Crippen LogP contribution >= 0.6 is 39.1 Å². The molecule has 2 aliphatic heterocycles. The summed E-state index contributed by atoms with van der Waals surface area (Å²) >= 11 is 15.3. The minimum atomic E-state index is -1.68. The van der Waals surface area contributed by atoms with Gasteiger partial charge in [-0.1, -0.05) is 57.3 Å². The topological polar surface area (TPSA) is 183 Å². The van der Waals surface area contributed by atoms with Crippen LogP contribution < -0.4 is 16.9 Å². The van der Waals surface area contributed by atoms with Gasteiger partial charge in [0.15, 0.2) is 0 Å². The summed E-state index contributed by atoms with van der Waals surface area (Å²) in [5.74, 6) is 0.134. The van der Waals surface area contributed by atoms with Crippen molar-refractivity contribution < 1.29 is 28.3 Å². The van der Waals surface area contributed by atoms with E-state index >= 15 is 0 Å². The first-order valence-electron chi connectivity index (χ1n) is 24.6. The zero-order valence-corrected chi connectivity index (χ0v) is 43.8. The van der Waals surface area contributed by atoms with Gasteiger partial charge in [0.25, 0.3) is 0 Å². The lowest BCUT2D eigenvalue weighted by atomic mass is 9.59. The number of fused-ring (bicyclic) bond motifs is 10. The number of nitriles is 2. The molecule has 376 valence electrons. The first kappa shape index (κ1) is 51.5. The molecule has 2 heterocycles. The summed E-state index contributed by atoms with van der Waals surface area (Å²) in [5, 5.41) is 36.9. The molecule has 2 unspecified atom stereocenters. The molecule has 0 bridgehead atoms. The maximum absolute atomic E-state index is 14.2. The highest BCUT2D eigenvalue weighted by molar-refractivity contribution is 9.10. The molecule has 16 heteroatoms. The van der Waals surface area contributed by atoms with Crippen LogP contribution in [0.1, 0.15) is 107 Å². The number of nitrogens with zero attached hydrogens (tertiary/aromatic N) is 4. The predicted molar refractivity (Wildman–Crippen MR) is 288 cm³/mol. The number of hydrogen-bond acceptors (Lipinski definition) is 10. The smallest absolute Gasteiger partial charge is 0.423 e. The van der Waals surface area contributed by atoms with Crippen LogP contribution in [0.15, 0.2) is 124 Å². The Balaban J connectivity index is 0.000000143. The van der Waals surface area contributed by atoms with E-state index in [1.807, 2.05) is 36.4 Å². The number of hydrogen-bond donors (Lipinski definition) is 4. The van der Waals surface area contributed by atoms with Gasteiger partial charge in [-0.15, -0.1) is 0 Å². The number of nitrogens with two attached hydrogens (primary N) is 2. The third-order valence-corrected chi connectivity index (χ3v) is 17.5. The van der Waals surface area contributed by atoms with Gasteiger partial charge in [-0.05, 0) is 205 Å². The zero-order chi connectivity index (χ0) is 52.3. The highest BCUT2D eigenvalue weighted by atomic mass is 79.9. The van der Waals surface area contributed by atoms with E-state index in [1.54, 1.807) is 26.4 Å². The molecule has 0 radical (unpaired) electrons. The average molecular weight is 1100 g/mol. The summed E-state index contributed by atoms with van der Waals surface area (Å²) in [6.07, 6.45) is 10.3. The lowest BCUT2D eigenvalue weighted by Gasteiger charge is -2.47. The predicted octanol–water partition coefficient (Wildman–Crippen LogP) is 10.7. The van der Waals surface area contributed by atoms with Crippen LogP contribution in [0.4, 0.5) is 8.78 Å². The number of aliphatic imine (C=N–C) groups is 2. The van der Waals surface area contributed by atoms with Gasteiger partial charge in [-0.2, -0.15) is 10.5 Å². The Kier molecular flexibility index (Phi) is 13.9. The molecule has 2 saturated carbocycles. The summed E-state index contributed by atoms with van der Waals surface area (Å²) in [6.45, 7) is 0. The van der Waals surface area contributed by atoms with Crippen molar-refractivity contribution in [2.45, 2.75) is 87.5 Å². The van der Waals surface area contributed by atoms with Gasteiger partial charge in [0, 0.05) is 50.7 Å². The maximum atomic E-state index is 14.2. The van der Waals surface area contributed by atoms with Gasteiger partial charge in [0.05, 0.1) is 35.5 Å². The molecule has 2 fully saturated rings. The summed E-state index contributed by atoms with van der Waals surface area (Å²) in [7, 11) is 1.90. The third kappa shape index (κ3) is 8.63. The molecule has 0 amide bonds. The number of methoxy groups -OCH3 is 2. The van der Waals surface area contributed by atoms with Gasteiger partial charge in [0.2, 0.25) is 0 Å². The fourth-order valence-corrected chi connectivity index (χ4v) is 14.0. The molecule has 12 rings (SSSR count). The minimum Gasteiger partial charge on any atom is -0.423 e. The number of amidine groups is 2. The van der Waals surface area contributed by atoms with Crippen LogP contribution in [0.2, 0.25) is 10.0 Å². The summed E-state index contributed by atoms with van der Waals surface area (Å²) in [4.78, 5) is 10.4. The summed E-state index contributed by atoms with van der Waals surface area (Å²) < 4.78 is 39.1. The van der Waals surface area contributed by atoms with Gasteiger partial charge in [-0.3, -0.25) is 9.98 Å². The van der Waals surface area contributed by atoms with Crippen LogP contribution in [0, 0.1) is 45.1 Å². The van der Waals surface area contributed by atoms with Crippen molar-refractivity contribution in [3.63, 3.8) is 0 Å². The monoisotopic (exact) mass is 1090 g/mol. The molecule has 6 aromatic rings. The molecule has 74 heavy (non-hydrogen) atoms. The highest BCUT2D eigenvalue weighted by Crippen LogP contribution is 2.66. The van der Waals surface area contributed by atoms with Crippen LogP contribution in [0.5, 0.6) is 0 Å². The summed E-state index contributed by atoms with van der Waals surface area (Å²) in [5.41, 5.74) is 23.3. The van der Waals surface area contributed by atoms with E-state index in [4.69, 9.17) is 64.2 Å². The number of benzene rings is 6. The molecule has 0 saturated heterocycles. The minimum absolute atomic E-state index is 0.0326. The molecule has 4 spiro atoms. The largest absolute Gasteiger partial charge is 0.488 e. The van der Waals surface area contributed by atoms with Crippen molar-refractivity contribution in [3.8, 4) is 23.3 Å². The molecule has 2 atom stereocenters. The third-order valence-electron chi connectivity index (χ3n) is 16.6. The van der Waals surface area contributed by atoms with Crippen molar-refractivity contribution in [2.75, 3.05) is 14.2 Å². The Morgan fingerprint density at radius 3 is 1.54 bits per heavy atom. The molecule has 6 N–H and O–H groups in total. The van der Waals surface area contributed by atoms with Gasteiger partial charge >= 0.3 is 7.12 Å². The maximum Gasteiger partial charge on any atom is 0.488 e. The first-order chi connectivity index (χ1) is 35.5. The lowest BCUT2D eigenvalue weighted by Crippen LogP contribution is -2.45. The fraction of sp³-hybridized carbons (Fsp3) is 0.310. The number of halogens is 5. The zero-order valence-electron chi connectivity index (χ0n) is 40.7. The quantitative estimate of drug-likeness (QED) is 0.126. The number of ether oxygens (including phenoxy) is 2. The second-order valence-electron chi connectivity index (χ2n) is 20.4. The Morgan fingerprint density at radius 1 is 0.608 bits per heavy atom. The van der Waals surface area contributed by atoms with Gasteiger partial charge < -0.3 is 31.0 Å². The molecular weight excluding hydrogens is 1040 g/mol. The van der Waals surface area contributed by atoms with E-state index in [2.05, 4.69) is 58.4 Å². The van der Waals surface area contributed by atoms with Crippen LogP contribution in [-0.4, -0.2) is 55.3 Å². The summed E-state index contributed by atoms with van der Waals surface area (Å²) in [6, 6.07) is 36.9.